The van der Waals surface area contributed by atoms with Crippen LogP contribution in [0.4, 0.5) is 29.3 Å². The van der Waals surface area contributed by atoms with Crippen LogP contribution in [0.1, 0.15) is 12.5 Å². The third kappa shape index (κ3) is 3.01. The molecule has 22 heavy (non-hydrogen) atoms. The molecule has 1 unspecified atom stereocenters. The van der Waals surface area contributed by atoms with Gasteiger partial charge in [0, 0.05) is 0 Å². The van der Waals surface area contributed by atoms with E-state index in [2.05, 4.69) is 4.85 Å². The Balaban J connectivity index is 3.38. The topological polar surface area (TPSA) is 82.2 Å². The highest BCUT2D eigenvalue weighted by atomic mass is 19.4. The lowest BCUT2D eigenvalue weighted by molar-refractivity contribution is -0.243. The van der Waals surface area contributed by atoms with Crippen LogP contribution in [0.3, 0.4) is 0 Å². The van der Waals surface area contributed by atoms with E-state index in [9.17, 15) is 27.9 Å². The molecule has 2 N–H and O–H groups in total. The number of halogens is 3. The highest BCUT2D eigenvalue weighted by Gasteiger charge is 2.58. The van der Waals surface area contributed by atoms with Crippen molar-refractivity contribution in [3.8, 4) is 0 Å². The van der Waals surface area contributed by atoms with Gasteiger partial charge >= 0.3 is 12.3 Å². The number of benzene rings is 1. The van der Waals surface area contributed by atoms with Gasteiger partial charge in [-0.15, -0.1) is 0 Å². The van der Waals surface area contributed by atoms with Crippen molar-refractivity contribution >= 4 is 23.4 Å². The zero-order valence-electron chi connectivity index (χ0n) is 11.5. The fourth-order valence-electron chi connectivity index (χ4n) is 1.56. The third-order valence-corrected chi connectivity index (χ3v) is 2.92. The molecule has 0 radical (unpaired) electrons. The Morgan fingerprint density at radius 1 is 1.32 bits per heavy atom. The monoisotopic (exact) mass is 316 g/mol. The average Bonchev–Trinajstić information content (AvgIpc) is 2.37. The summed E-state index contributed by atoms with van der Waals surface area (Å²) < 4.78 is 38.1. The number of amides is 2. The van der Waals surface area contributed by atoms with Gasteiger partial charge in [-0.25, -0.2) is 14.5 Å². The fourth-order valence-corrected chi connectivity index (χ4v) is 1.56. The van der Waals surface area contributed by atoms with Gasteiger partial charge in [-0.3, -0.25) is 4.79 Å². The summed E-state index contributed by atoms with van der Waals surface area (Å²) in [5.41, 5.74) is -3.83. The van der Waals surface area contributed by atoms with Gasteiger partial charge < -0.3 is 10.2 Å². The van der Waals surface area contributed by atoms with Crippen LogP contribution in [0.5, 0.6) is 0 Å². The minimum Gasteiger partial charge on any atom is -0.464 e. The molecule has 1 atom stereocenters. The molecule has 0 saturated heterocycles. The first-order valence-corrected chi connectivity index (χ1v) is 5.78. The van der Waals surface area contributed by atoms with Crippen LogP contribution in [0.2, 0.25) is 0 Å². The molecule has 0 spiro atoms. The summed E-state index contributed by atoms with van der Waals surface area (Å²) in [6.45, 7) is 8.46. The first-order valence-electron chi connectivity index (χ1n) is 5.78. The molecule has 1 aromatic rings. The molecule has 9 heteroatoms. The average molecular weight is 316 g/mol. The van der Waals surface area contributed by atoms with Crippen molar-refractivity contribution in [2.75, 3.05) is 4.90 Å². The largest absolute Gasteiger partial charge is 0.464 e. The van der Waals surface area contributed by atoms with Gasteiger partial charge in [-0.05, 0) is 31.5 Å². The van der Waals surface area contributed by atoms with E-state index >= 15 is 0 Å². The maximum absolute atomic E-state index is 12.7. The number of hydrogen-bond donors (Lipinski definition) is 2. The lowest BCUT2D eigenvalue weighted by Gasteiger charge is -2.29. The molecular weight excluding hydrogens is 305 g/mol. The number of alkyl halides is 3. The van der Waals surface area contributed by atoms with Gasteiger partial charge in [-0.1, -0.05) is 6.07 Å². The Hall–Kier alpha value is -2.60. The van der Waals surface area contributed by atoms with Crippen LogP contribution in [-0.4, -0.2) is 34.0 Å². The quantitative estimate of drug-likeness (QED) is 0.822. The van der Waals surface area contributed by atoms with Crippen LogP contribution in [-0.2, 0) is 4.79 Å². The van der Waals surface area contributed by atoms with Crippen molar-refractivity contribution in [3.05, 3.63) is 35.2 Å². The molecule has 0 fully saturated rings. The van der Waals surface area contributed by atoms with Crippen LogP contribution in [0.15, 0.2) is 18.2 Å². The number of aliphatic hydroxyl groups is 1. The Bertz CT molecular complexity index is 662. The van der Waals surface area contributed by atoms with E-state index in [0.717, 1.165) is 12.1 Å². The number of nitrogens with zero attached hydrogens (tertiary/aromatic N) is 2. The van der Waals surface area contributed by atoms with Gasteiger partial charge in [0.2, 0.25) is 5.60 Å². The second-order valence-electron chi connectivity index (χ2n) is 4.58. The van der Waals surface area contributed by atoms with Crippen LogP contribution in [0.25, 0.3) is 4.85 Å². The van der Waals surface area contributed by atoms with Crippen molar-refractivity contribution in [1.29, 1.82) is 0 Å². The van der Waals surface area contributed by atoms with Crippen LogP contribution in [0, 0.1) is 13.5 Å². The highest BCUT2D eigenvalue weighted by Crippen LogP contribution is 2.34. The number of carboxylic acid groups (broad SMARTS) is 1. The van der Waals surface area contributed by atoms with E-state index in [1.165, 1.54) is 13.0 Å². The Kier molecular flexibility index (Phi) is 4.48. The lowest BCUT2D eigenvalue weighted by Crippen LogP contribution is -2.57. The van der Waals surface area contributed by atoms with E-state index in [1.54, 1.807) is 0 Å². The van der Waals surface area contributed by atoms with E-state index in [0.29, 0.717) is 0 Å². The van der Waals surface area contributed by atoms with Crippen molar-refractivity contribution in [1.82, 2.24) is 0 Å². The number of imide groups is 1. The first-order chi connectivity index (χ1) is 9.93. The number of anilines is 1. The number of aryl methyl sites for hydroxylation is 1. The number of carbonyl (C=O) groups excluding carboxylic acids is 1. The van der Waals surface area contributed by atoms with Crippen molar-refractivity contribution in [2.24, 2.45) is 0 Å². The maximum Gasteiger partial charge on any atom is 0.426 e. The normalized spacial score (nSPS) is 13.9. The van der Waals surface area contributed by atoms with Crippen molar-refractivity contribution < 1.29 is 33.0 Å². The summed E-state index contributed by atoms with van der Waals surface area (Å²) in [7, 11) is 0. The van der Waals surface area contributed by atoms with E-state index in [-0.39, 0.29) is 23.1 Å². The number of carbonyl (C=O) groups is 2. The predicted molar refractivity (Wildman–Crippen MR) is 69.6 cm³/mol. The summed E-state index contributed by atoms with van der Waals surface area (Å²) in [6, 6.07) is 3.26. The summed E-state index contributed by atoms with van der Waals surface area (Å²) in [4.78, 5) is 25.9. The van der Waals surface area contributed by atoms with E-state index in [1.807, 2.05) is 0 Å². The molecule has 0 saturated carbocycles. The minimum atomic E-state index is -5.34. The summed E-state index contributed by atoms with van der Waals surface area (Å²) in [5.74, 6) is -2.05. The molecule has 2 amide bonds. The molecule has 0 aliphatic carbocycles. The van der Waals surface area contributed by atoms with Gasteiger partial charge in [0.1, 0.15) is 0 Å². The van der Waals surface area contributed by atoms with E-state index < -0.39 is 29.5 Å². The molecule has 1 rings (SSSR count). The predicted octanol–water partition coefficient (Wildman–Crippen LogP) is 2.87. The molecule has 6 nitrogen and oxygen atoms in total. The third-order valence-electron chi connectivity index (χ3n) is 2.92. The van der Waals surface area contributed by atoms with Gasteiger partial charge in [0.15, 0.2) is 5.69 Å². The Morgan fingerprint density at radius 2 is 1.86 bits per heavy atom. The molecule has 0 heterocycles. The molecule has 0 aliphatic heterocycles. The Morgan fingerprint density at radius 3 is 2.23 bits per heavy atom. The zero-order chi connectivity index (χ0) is 17.3. The highest BCUT2D eigenvalue weighted by molar-refractivity contribution is 6.15. The van der Waals surface area contributed by atoms with Crippen LogP contribution >= 0.6 is 0 Å². The minimum absolute atomic E-state index is 0.157. The molecule has 1 aromatic carbocycles. The second-order valence-corrected chi connectivity index (χ2v) is 4.58. The Labute approximate surface area is 123 Å². The summed E-state index contributed by atoms with van der Waals surface area (Å²) >= 11 is 0. The molecule has 118 valence electrons. The molecule has 0 bridgehead atoms. The van der Waals surface area contributed by atoms with Crippen molar-refractivity contribution in [2.45, 2.75) is 25.6 Å². The fraction of sp³-hybridized carbons (Fsp3) is 0.308. The standard InChI is InChI=1S/C13H11F3N2O4/c1-7-6-8(4-5-9(7)17-3)18(11(20)21)10(19)12(2,22)13(14,15)16/h4-6,22H,1-2H3,(H,20,21). The second kappa shape index (κ2) is 5.65. The smallest absolute Gasteiger partial charge is 0.426 e. The molecular formula is C13H11F3N2O4. The van der Waals surface area contributed by atoms with Crippen molar-refractivity contribution in [3.63, 3.8) is 0 Å². The molecule has 0 aromatic heterocycles. The summed E-state index contributed by atoms with van der Waals surface area (Å²) in [5, 5.41) is 18.4. The SMILES string of the molecule is [C-]#[N+]c1ccc(N(C(=O)O)C(=O)C(C)(O)C(F)(F)F)cc1C. The number of rotatable bonds is 2. The zero-order valence-corrected chi connectivity index (χ0v) is 11.5. The van der Waals surface area contributed by atoms with Gasteiger partial charge in [-0.2, -0.15) is 13.2 Å². The first kappa shape index (κ1) is 17.5. The van der Waals surface area contributed by atoms with Crippen LogP contribution < -0.4 is 4.90 Å². The summed E-state index contributed by atoms with van der Waals surface area (Å²) in [6.07, 6.45) is -7.33. The number of hydrogen-bond acceptors (Lipinski definition) is 3. The lowest BCUT2D eigenvalue weighted by atomic mass is 10.0. The van der Waals surface area contributed by atoms with Gasteiger partial charge in [0.05, 0.1) is 12.3 Å². The van der Waals surface area contributed by atoms with Gasteiger partial charge in [0.25, 0.3) is 5.91 Å². The van der Waals surface area contributed by atoms with E-state index in [4.69, 9.17) is 11.7 Å². The molecule has 0 aliphatic rings. The maximum atomic E-state index is 12.7.